The average molecular weight is 397 g/mol. The van der Waals surface area contributed by atoms with Crippen LogP contribution in [0.5, 0.6) is 0 Å². The molecule has 8 heteroatoms. The highest BCUT2D eigenvalue weighted by atomic mass is 32.2. The minimum Gasteiger partial charge on any atom is -0.377 e. The van der Waals surface area contributed by atoms with Crippen LogP contribution < -0.4 is 15.8 Å². The summed E-state index contributed by atoms with van der Waals surface area (Å²) < 4.78 is 29.0. The molecule has 0 saturated carbocycles. The van der Waals surface area contributed by atoms with Gasteiger partial charge in [0, 0.05) is 32.7 Å². The summed E-state index contributed by atoms with van der Waals surface area (Å²) >= 11 is 0. The molecule has 7 nitrogen and oxygen atoms in total. The number of hydrogen-bond acceptors (Lipinski definition) is 4. The van der Waals surface area contributed by atoms with Gasteiger partial charge >= 0.3 is 0 Å². The Morgan fingerprint density at radius 2 is 2.07 bits per heavy atom. The van der Waals surface area contributed by atoms with E-state index >= 15 is 0 Å². The van der Waals surface area contributed by atoms with E-state index in [1.165, 1.54) is 6.07 Å². The fourth-order valence-electron chi connectivity index (χ4n) is 3.48. The Morgan fingerprint density at radius 1 is 1.33 bits per heavy atom. The molecule has 1 heterocycles. The summed E-state index contributed by atoms with van der Waals surface area (Å²) in [4.78, 5) is 4.37. The Morgan fingerprint density at radius 3 is 2.70 bits per heavy atom. The van der Waals surface area contributed by atoms with Gasteiger partial charge in [0.25, 0.3) is 0 Å². The van der Waals surface area contributed by atoms with Crippen molar-refractivity contribution in [2.45, 2.75) is 51.2 Å². The van der Waals surface area contributed by atoms with Gasteiger partial charge in [0.1, 0.15) is 0 Å². The highest BCUT2D eigenvalue weighted by molar-refractivity contribution is 7.89. The van der Waals surface area contributed by atoms with Crippen molar-refractivity contribution in [3.63, 3.8) is 0 Å². The van der Waals surface area contributed by atoms with Gasteiger partial charge in [-0.2, -0.15) is 0 Å². The van der Waals surface area contributed by atoms with Crippen molar-refractivity contribution in [1.29, 1.82) is 0 Å². The number of nitrogens with zero attached hydrogens (tertiary/aromatic N) is 1. The van der Waals surface area contributed by atoms with E-state index < -0.39 is 10.0 Å². The Hall–Kier alpha value is -1.64. The molecule has 1 aromatic carbocycles. The van der Waals surface area contributed by atoms with Crippen molar-refractivity contribution < 1.29 is 13.2 Å². The molecule has 152 valence electrons. The fourth-order valence-corrected chi connectivity index (χ4v) is 4.06. The Balaban J connectivity index is 1.93. The van der Waals surface area contributed by atoms with Gasteiger partial charge in [0.15, 0.2) is 5.96 Å². The summed E-state index contributed by atoms with van der Waals surface area (Å²) in [5, 5.41) is 11.8. The van der Waals surface area contributed by atoms with Crippen molar-refractivity contribution >= 4 is 16.0 Å². The molecule has 1 aliphatic heterocycles. The molecule has 1 fully saturated rings. The van der Waals surface area contributed by atoms with Crippen molar-refractivity contribution in [3.05, 3.63) is 29.8 Å². The number of guanidine groups is 1. The van der Waals surface area contributed by atoms with Crippen LogP contribution in [0.3, 0.4) is 0 Å². The van der Waals surface area contributed by atoms with Gasteiger partial charge in [-0.25, -0.2) is 13.6 Å². The lowest BCUT2D eigenvalue weighted by molar-refractivity contribution is -0.0835. The van der Waals surface area contributed by atoms with Gasteiger partial charge < -0.3 is 15.4 Å². The van der Waals surface area contributed by atoms with E-state index in [0.29, 0.717) is 18.4 Å². The van der Waals surface area contributed by atoms with Gasteiger partial charge in [0.2, 0.25) is 10.0 Å². The van der Waals surface area contributed by atoms with Crippen LogP contribution in [-0.2, 0) is 21.3 Å². The molecule has 1 aromatic rings. The molecule has 0 amide bonds. The summed E-state index contributed by atoms with van der Waals surface area (Å²) in [5.41, 5.74) is 0.913. The first-order valence-electron chi connectivity index (χ1n) is 9.29. The van der Waals surface area contributed by atoms with Crippen molar-refractivity contribution in [2.24, 2.45) is 21.5 Å². The molecular formula is C19H32N4O3S. The lowest BCUT2D eigenvalue weighted by Crippen LogP contribution is -2.47. The van der Waals surface area contributed by atoms with E-state index in [4.69, 9.17) is 9.88 Å². The van der Waals surface area contributed by atoms with E-state index in [9.17, 15) is 8.42 Å². The van der Waals surface area contributed by atoms with Crippen LogP contribution in [0.4, 0.5) is 0 Å². The number of benzene rings is 1. The monoisotopic (exact) mass is 396 g/mol. The molecular weight excluding hydrogens is 364 g/mol. The van der Waals surface area contributed by atoms with Gasteiger partial charge in [-0.15, -0.1) is 0 Å². The van der Waals surface area contributed by atoms with E-state index in [2.05, 4.69) is 36.4 Å². The minimum absolute atomic E-state index is 0.0951. The quantitative estimate of drug-likeness (QED) is 0.520. The summed E-state index contributed by atoms with van der Waals surface area (Å²) in [5.74, 6) is 1.09. The molecule has 27 heavy (non-hydrogen) atoms. The molecule has 0 aromatic heterocycles. The van der Waals surface area contributed by atoms with Gasteiger partial charge in [0.05, 0.1) is 11.0 Å². The molecule has 1 saturated heterocycles. The molecule has 2 unspecified atom stereocenters. The van der Waals surface area contributed by atoms with Gasteiger partial charge in [-0.05, 0) is 36.0 Å². The first-order chi connectivity index (χ1) is 12.6. The third-order valence-electron chi connectivity index (χ3n) is 4.74. The number of ether oxygens (including phenoxy) is 1. The zero-order chi connectivity index (χ0) is 20.1. The van der Waals surface area contributed by atoms with Crippen LogP contribution in [-0.4, -0.2) is 40.7 Å². The molecule has 0 bridgehead atoms. The number of primary sulfonamides is 1. The molecule has 0 aliphatic carbocycles. The maximum absolute atomic E-state index is 11.5. The van der Waals surface area contributed by atoms with Crippen LogP contribution in [0, 0.1) is 11.3 Å². The summed E-state index contributed by atoms with van der Waals surface area (Å²) in [6.45, 7) is 8.68. The molecule has 2 atom stereocenters. The zero-order valence-corrected chi connectivity index (χ0v) is 17.5. The number of rotatable bonds is 5. The van der Waals surface area contributed by atoms with Crippen LogP contribution in [0.25, 0.3) is 0 Å². The first kappa shape index (κ1) is 21.7. The predicted molar refractivity (Wildman–Crippen MR) is 108 cm³/mol. The number of aliphatic imine (C=N–C) groups is 1. The third-order valence-corrected chi connectivity index (χ3v) is 5.65. The summed E-state index contributed by atoms with van der Waals surface area (Å²) in [7, 11) is -1.98. The third kappa shape index (κ3) is 6.48. The van der Waals surface area contributed by atoms with Crippen molar-refractivity contribution in [1.82, 2.24) is 10.6 Å². The van der Waals surface area contributed by atoms with Gasteiger partial charge in [-0.3, -0.25) is 4.99 Å². The predicted octanol–water partition coefficient (Wildman–Crippen LogP) is 1.84. The molecule has 4 N–H and O–H groups in total. The van der Waals surface area contributed by atoms with E-state index in [-0.39, 0.29) is 16.4 Å². The number of sulfonamides is 1. The lowest BCUT2D eigenvalue weighted by Gasteiger charge is -2.40. The zero-order valence-electron chi connectivity index (χ0n) is 16.7. The first-order valence-corrected chi connectivity index (χ1v) is 10.8. The van der Waals surface area contributed by atoms with Crippen LogP contribution in [0.1, 0.15) is 39.2 Å². The number of nitrogens with one attached hydrogen (secondary N) is 2. The normalized spacial score (nSPS) is 21.7. The Bertz CT molecular complexity index is 756. The fraction of sp³-hybridized carbons (Fsp3) is 0.632. The van der Waals surface area contributed by atoms with Crippen molar-refractivity contribution in [2.75, 3.05) is 20.2 Å². The highest BCUT2D eigenvalue weighted by Crippen LogP contribution is 2.33. The molecule has 2 rings (SSSR count). The smallest absolute Gasteiger partial charge is 0.238 e. The molecule has 0 radical (unpaired) electrons. The second-order valence-electron chi connectivity index (χ2n) is 8.06. The minimum atomic E-state index is -3.70. The summed E-state index contributed by atoms with van der Waals surface area (Å²) in [6, 6.07) is 6.58. The van der Waals surface area contributed by atoms with E-state index in [1.54, 1.807) is 19.2 Å². The maximum atomic E-state index is 11.5. The van der Waals surface area contributed by atoms with Gasteiger partial charge in [-0.1, -0.05) is 32.9 Å². The van der Waals surface area contributed by atoms with E-state index in [1.807, 2.05) is 6.07 Å². The lowest BCUT2D eigenvalue weighted by atomic mass is 9.78. The maximum Gasteiger partial charge on any atom is 0.238 e. The van der Waals surface area contributed by atoms with Crippen LogP contribution >= 0.6 is 0 Å². The van der Waals surface area contributed by atoms with E-state index in [0.717, 1.165) is 31.6 Å². The highest BCUT2D eigenvalue weighted by Gasteiger charge is 2.35. The molecule has 1 aliphatic rings. The van der Waals surface area contributed by atoms with Crippen molar-refractivity contribution in [3.8, 4) is 0 Å². The van der Waals surface area contributed by atoms with Crippen LogP contribution in [0.15, 0.2) is 34.2 Å². The number of nitrogens with two attached hydrogens (primary N) is 1. The average Bonchev–Trinajstić information content (AvgIpc) is 2.61. The Kier molecular flexibility index (Phi) is 7.25. The second kappa shape index (κ2) is 9.03. The largest absolute Gasteiger partial charge is 0.377 e. The second-order valence-corrected chi connectivity index (χ2v) is 9.62. The summed E-state index contributed by atoms with van der Waals surface area (Å²) in [6.07, 6.45) is 2.41. The Labute approximate surface area is 162 Å². The topological polar surface area (TPSA) is 106 Å². The standard InChI is InChI=1S/C19H32N4O3S/c1-19(2,3)17-15(8-6-10-26-17)13-23-18(21-4)22-12-14-7-5-9-16(11-14)27(20,24)25/h5,7,9,11,15,17H,6,8,10,12-13H2,1-4H3,(H2,20,24,25)(H2,21,22,23). The molecule has 0 spiro atoms. The SMILES string of the molecule is CN=C(NCc1cccc(S(N)(=O)=O)c1)NCC1CCCOC1C(C)(C)C. The number of hydrogen-bond donors (Lipinski definition) is 3. The van der Waals surface area contributed by atoms with Crippen LogP contribution in [0.2, 0.25) is 0 Å².